The van der Waals surface area contributed by atoms with Crippen LogP contribution in [0.4, 0.5) is 8.78 Å². The van der Waals surface area contributed by atoms with Gasteiger partial charge in [-0.15, -0.1) is 0 Å². The highest BCUT2D eigenvalue weighted by Crippen LogP contribution is 2.47. The number of rotatable bonds is 3. The lowest BCUT2D eigenvalue weighted by atomic mass is 9.77. The molecule has 2 heterocycles. The van der Waals surface area contributed by atoms with Crippen LogP contribution in [-0.4, -0.2) is 31.6 Å². The maximum Gasteiger partial charge on any atom is 0.237 e. The molecule has 1 atom stereocenters. The van der Waals surface area contributed by atoms with Gasteiger partial charge in [0.15, 0.2) is 0 Å². The molecule has 1 aliphatic carbocycles. The molecule has 2 aliphatic heterocycles. The molecule has 0 bridgehead atoms. The van der Waals surface area contributed by atoms with Crippen molar-refractivity contribution < 1.29 is 13.6 Å². The Morgan fingerprint density at radius 3 is 2.62 bits per heavy atom. The van der Waals surface area contributed by atoms with Crippen LogP contribution in [0.5, 0.6) is 0 Å². The van der Waals surface area contributed by atoms with E-state index < -0.39 is 17.2 Å². The van der Waals surface area contributed by atoms with E-state index in [0.717, 1.165) is 51.0 Å². The predicted octanol–water partition coefficient (Wildman–Crippen LogP) is 1.80. The first-order valence-electron chi connectivity index (χ1n) is 8.74. The molecule has 1 saturated carbocycles. The lowest BCUT2D eigenvalue weighted by Gasteiger charge is -2.33. The van der Waals surface area contributed by atoms with Crippen LogP contribution < -0.4 is 16.0 Å². The molecule has 6 heteroatoms. The molecule has 4 rings (SSSR count). The summed E-state index contributed by atoms with van der Waals surface area (Å²) in [4.78, 5) is 12.7. The standard InChI is InChI=1S/C18H23F2N3O/c19-12-1-2-14(20)13(9-12)18(3-4-18)23-16(24)15-10-17(11-22-15)5-7-21-8-6-17/h1-2,9,15,21-22H,3-8,10-11H2,(H,23,24). The van der Waals surface area contributed by atoms with Gasteiger partial charge in [-0.3, -0.25) is 4.79 Å². The molecule has 24 heavy (non-hydrogen) atoms. The number of carbonyl (C=O) groups is 1. The van der Waals surface area contributed by atoms with Gasteiger partial charge in [-0.2, -0.15) is 0 Å². The molecule has 1 aromatic carbocycles. The monoisotopic (exact) mass is 335 g/mol. The first-order chi connectivity index (χ1) is 11.5. The smallest absolute Gasteiger partial charge is 0.237 e. The minimum absolute atomic E-state index is 0.0911. The number of halogens is 2. The molecule has 1 spiro atoms. The molecule has 1 unspecified atom stereocenters. The Morgan fingerprint density at radius 1 is 1.17 bits per heavy atom. The number of hydrogen-bond donors (Lipinski definition) is 3. The second-order valence-corrected chi connectivity index (χ2v) is 7.58. The summed E-state index contributed by atoms with van der Waals surface area (Å²) in [6.07, 6.45) is 4.28. The maximum absolute atomic E-state index is 14.1. The van der Waals surface area contributed by atoms with Crippen LogP contribution in [0.3, 0.4) is 0 Å². The fourth-order valence-electron chi connectivity index (χ4n) is 4.21. The van der Waals surface area contributed by atoms with Gasteiger partial charge in [-0.1, -0.05) is 0 Å². The van der Waals surface area contributed by atoms with E-state index in [4.69, 9.17) is 0 Å². The van der Waals surface area contributed by atoms with E-state index in [-0.39, 0.29) is 22.9 Å². The summed E-state index contributed by atoms with van der Waals surface area (Å²) in [5.74, 6) is -1.02. The summed E-state index contributed by atoms with van der Waals surface area (Å²) in [7, 11) is 0. The number of benzene rings is 1. The van der Waals surface area contributed by atoms with E-state index in [1.807, 2.05) is 0 Å². The van der Waals surface area contributed by atoms with Crippen LogP contribution in [0.25, 0.3) is 0 Å². The predicted molar refractivity (Wildman–Crippen MR) is 86.4 cm³/mol. The molecule has 2 saturated heterocycles. The highest BCUT2D eigenvalue weighted by atomic mass is 19.1. The Labute approximate surface area is 140 Å². The summed E-state index contributed by atoms with van der Waals surface area (Å²) in [5.41, 5.74) is -0.256. The zero-order valence-corrected chi connectivity index (χ0v) is 13.6. The molecule has 3 aliphatic rings. The van der Waals surface area contributed by atoms with Crippen LogP contribution in [0.15, 0.2) is 18.2 Å². The lowest BCUT2D eigenvalue weighted by molar-refractivity contribution is -0.124. The summed E-state index contributed by atoms with van der Waals surface area (Å²) in [6, 6.07) is 3.21. The molecule has 0 aromatic heterocycles. The van der Waals surface area contributed by atoms with Crippen molar-refractivity contribution in [1.82, 2.24) is 16.0 Å². The highest BCUT2D eigenvalue weighted by molar-refractivity contribution is 5.83. The first-order valence-corrected chi connectivity index (χ1v) is 8.74. The lowest BCUT2D eigenvalue weighted by Crippen LogP contribution is -2.45. The van der Waals surface area contributed by atoms with Gasteiger partial charge in [0.1, 0.15) is 11.6 Å². The van der Waals surface area contributed by atoms with Gasteiger partial charge in [0.2, 0.25) is 5.91 Å². The Balaban J connectivity index is 1.45. The Kier molecular flexibility index (Phi) is 3.84. The molecule has 130 valence electrons. The second kappa shape index (κ2) is 5.77. The molecule has 3 N–H and O–H groups in total. The van der Waals surface area contributed by atoms with Crippen LogP contribution in [-0.2, 0) is 10.3 Å². The van der Waals surface area contributed by atoms with E-state index in [1.165, 1.54) is 6.07 Å². The molecule has 1 amide bonds. The molecular weight excluding hydrogens is 312 g/mol. The Morgan fingerprint density at radius 2 is 1.92 bits per heavy atom. The average Bonchev–Trinajstić information content (AvgIpc) is 3.24. The Hall–Kier alpha value is -1.53. The van der Waals surface area contributed by atoms with Crippen molar-refractivity contribution in [3.63, 3.8) is 0 Å². The zero-order valence-electron chi connectivity index (χ0n) is 13.6. The largest absolute Gasteiger partial charge is 0.345 e. The van der Waals surface area contributed by atoms with Gasteiger partial charge < -0.3 is 16.0 Å². The first kappa shape index (κ1) is 16.0. The van der Waals surface area contributed by atoms with Gasteiger partial charge >= 0.3 is 0 Å². The van der Waals surface area contributed by atoms with Crippen molar-refractivity contribution in [2.45, 2.75) is 43.7 Å². The van der Waals surface area contributed by atoms with Gasteiger partial charge in [0, 0.05) is 12.1 Å². The summed E-state index contributed by atoms with van der Waals surface area (Å²) in [6.45, 7) is 2.84. The molecule has 0 radical (unpaired) electrons. The van der Waals surface area contributed by atoms with E-state index >= 15 is 0 Å². The van der Waals surface area contributed by atoms with E-state index in [1.54, 1.807) is 0 Å². The van der Waals surface area contributed by atoms with Gasteiger partial charge in [-0.25, -0.2) is 8.78 Å². The van der Waals surface area contributed by atoms with Crippen molar-refractivity contribution in [3.8, 4) is 0 Å². The Bertz CT molecular complexity index is 654. The van der Waals surface area contributed by atoms with E-state index in [9.17, 15) is 13.6 Å². The fraction of sp³-hybridized carbons (Fsp3) is 0.611. The molecule has 3 fully saturated rings. The van der Waals surface area contributed by atoms with Crippen molar-refractivity contribution >= 4 is 5.91 Å². The van der Waals surface area contributed by atoms with E-state index in [0.29, 0.717) is 12.8 Å². The third kappa shape index (κ3) is 2.82. The minimum Gasteiger partial charge on any atom is -0.345 e. The second-order valence-electron chi connectivity index (χ2n) is 7.58. The van der Waals surface area contributed by atoms with Crippen LogP contribution in [0.1, 0.15) is 37.7 Å². The van der Waals surface area contributed by atoms with Crippen molar-refractivity contribution in [2.24, 2.45) is 5.41 Å². The van der Waals surface area contributed by atoms with Gasteiger partial charge in [0.05, 0.1) is 11.6 Å². The normalized spacial score (nSPS) is 27.2. The summed E-state index contributed by atoms with van der Waals surface area (Å²) >= 11 is 0. The highest BCUT2D eigenvalue weighted by Gasteiger charge is 2.50. The van der Waals surface area contributed by atoms with Crippen molar-refractivity contribution in [3.05, 3.63) is 35.4 Å². The number of hydrogen-bond acceptors (Lipinski definition) is 3. The van der Waals surface area contributed by atoms with Gasteiger partial charge in [-0.05, 0) is 68.8 Å². The third-order valence-corrected chi connectivity index (χ3v) is 5.90. The topological polar surface area (TPSA) is 53.2 Å². The SMILES string of the molecule is O=C(NC1(c2cc(F)ccc2F)CC1)C1CC2(CCNCC2)CN1. The quantitative estimate of drug-likeness (QED) is 0.790. The van der Waals surface area contributed by atoms with Crippen LogP contribution in [0, 0.1) is 17.0 Å². The number of carbonyl (C=O) groups excluding carboxylic acids is 1. The molecular formula is C18H23F2N3O. The summed E-state index contributed by atoms with van der Waals surface area (Å²) < 4.78 is 27.6. The minimum atomic E-state index is -0.727. The number of amides is 1. The fourth-order valence-corrected chi connectivity index (χ4v) is 4.21. The maximum atomic E-state index is 14.1. The summed E-state index contributed by atoms with van der Waals surface area (Å²) in [5, 5.41) is 9.68. The molecule has 1 aromatic rings. The van der Waals surface area contributed by atoms with Crippen LogP contribution in [0.2, 0.25) is 0 Å². The zero-order chi connectivity index (χ0) is 16.8. The average molecular weight is 335 g/mol. The third-order valence-electron chi connectivity index (χ3n) is 5.90. The van der Waals surface area contributed by atoms with Crippen molar-refractivity contribution in [2.75, 3.05) is 19.6 Å². The molecule has 4 nitrogen and oxygen atoms in total. The number of nitrogens with one attached hydrogen (secondary N) is 3. The van der Waals surface area contributed by atoms with Gasteiger partial charge in [0.25, 0.3) is 0 Å². The van der Waals surface area contributed by atoms with E-state index in [2.05, 4.69) is 16.0 Å². The number of piperidine rings is 1. The van der Waals surface area contributed by atoms with Crippen LogP contribution >= 0.6 is 0 Å². The van der Waals surface area contributed by atoms with Crippen molar-refractivity contribution in [1.29, 1.82) is 0 Å².